The molecule has 0 fully saturated rings. The highest BCUT2D eigenvalue weighted by molar-refractivity contribution is 7.18. The molecule has 0 radical (unpaired) electrons. The van der Waals surface area contributed by atoms with Gasteiger partial charge in [0.1, 0.15) is 10.7 Å². The Morgan fingerprint density at radius 3 is 2.79 bits per heavy atom. The van der Waals surface area contributed by atoms with Gasteiger partial charge in [0.15, 0.2) is 5.75 Å². The van der Waals surface area contributed by atoms with E-state index >= 15 is 0 Å². The highest BCUT2D eigenvalue weighted by Crippen LogP contribution is 2.33. The molecule has 0 aliphatic heterocycles. The molecule has 0 aromatic carbocycles. The molecule has 4 aromatic heterocycles. The molecule has 0 aliphatic rings. The average molecular weight is 428 g/mol. The van der Waals surface area contributed by atoms with Crippen LogP contribution in [0.4, 0.5) is 0 Å². The highest BCUT2D eigenvalue weighted by Gasteiger charge is 2.17. The van der Waals surface area contributed by atoms with Gasteiger partial charge in [-0.2, -0.15) is 0 Å². The van der Waals surface area contributed by atoms with Crippen LogP contribution in [-0.4, -0.2) is 21.1 Å². The van der Waals surface area contributed by atoms with E-state index in [9.17, 15) is 9.59 Å². The van der Waals surface area contributed by atoms with Crippen molar-refractivity contribution in [3.63, 3.8) is 0 Å². The minimum atomic E-state index is -0.192. The van der Waals surface area contributed by atoms with E-state index in [2.05, 4.69) is 4.98 Å². The van der Waals surface area contributed by atoms with Gasteiger partial charge >= 0.3 is 0 Å². The first kappa shape index (κ1) is 19.6. The summed E-state index contributed by atoms with van der Waals surface area (Å²) >= 11 is 3.09. The van der Waals surface area contributed by atoms with Crippen LogP contribution in [0.2, 0.25) is 0 Å². The molecule has 0 unspecified atom stereocenters. The lowest BCUT2D eigenvalue weighted by molar-refractivity contribution is 0.313. The number of hydrogen-bond acceptors (Lipinski definition) is 6. The van der Waals surface area contributed by atoms with E-state index in [1.165, 1.54) is 17.4 Å². The smallest absolute Gasteiger partial charge is 0.263 e. The Hall–Kier alpha value is -2.71. The van der Waals surface area contributed by atoms with Crippen molar-refractivity contribution in [1.82, 2.24) is 14.5 Å². The number of rotatable bonds is 7. The number of H-pyrrole nitrogens is 1. The van der Waals surface area contributed by atoms with Crippen molar-refractivity contribution in [3.05, 3.63) is 67.3 Å². The maximum absolute atomic E-state index is 13.4. The van der Waals surface area contributed by atoms with Crippen molar-refractivity contribution in [3.8, 4) is 16.2 Å². The number of aromatic amines is 1. The van der Waals surface area contributed by atoms with E-state index in [1.54, 1.807) is 22.1 Å². The summed E-state index contributed by atoms with van der Waals surface area (Å²) in [5.74, 6) is 0.999. The summed E-state index contributed by atoms with van der Waals surface area (Å²) in [5, 5.41) is 4.63. The fraction of sp³-hybridized carbons (Fsp3) is 0.286. The lowest BCUT2D eigenvalue weighted by Gasteiger charge is -2.12. The van der Waals surface area contributed by atoms with E-state index in [4.69, 9.17) is 9.72 Å². The quantitative estimate of drug-likeness (QED) is 0.478. The van der Waals surface area contributed by atoms with Crippen molar-refractivity contribution in [2.45, 2.75) is 33.2 Å². The molecule has 0 amide bonds. The maximum atomic E-state index is 13.4. The van der Waals surface area contributed by atoms with Crippen LogP contribution < -0.4 is 15.7 Å². The van der Waals surface area contributed by atoms with Gasteiger partial charge in [-0.1, -0.05) is 19.9 Å². The van der Waals surface area contributed by atoms with Gasteiger partial charge in [0.2, 0.25) is 5.43 Å². The first-order valence-corrected chi connectivity index (χ1v) is 11.3. The Morgan fingerprint density at radius 2 is 2.10 bits per heavy atom. The van der Waals surface area contributed by atoms with E-state index in [0.29, 0.717) is 35.7 Å². The molecule has 29 heavy (non-hydrogen) atoms. The Bertz CT molecular complexity index is 1250. The number of pyridine rings is 1. The third-order valence-electron chi connectivity index (χ3n) is 4.60. The summed E-state index contributed by atoms with van der Waals surface area (Å²) < 4.78 is 7.10. The third-order valence-corrected chi connectivity index (χ3v) is 6.38. The molecule has 6 nitrogen and oxygen atoms in total. The number of fused-ring (bicyclic) bond motifs is 1. The van der Waals surface area contributed by atoms with Crippen LogP contribution in [-0.2, 0) is 13.0 Å². The zero-order valence-corrected chi connectivity index (χ0v) is 17.9. The predicted molar refractivity (Wildman–Crippen MR) is 119 cm³/mol. The van der Waals surface area contributed by atoms with Crippen LogP contribution in [0, 0.1) is 0 Å². The van der Waals surface area contributed by atoms with Gasteiger partial charge in [-0.05, 0) is 17.9 Å². The zero-order valence-electron chi connectivity index (χ0n) is 16.2. The molecular weight excluding hydrogens is 406 g/mol. The molecule has 0 atom stereocenters. The van der Waals surface area contributed by atoms with Crippen molar-refractivity contribution < 1.29 is 4.74 Å². The molecule has 0 spiro atoms. The maximum Gasteiger partial charge on any atom is 0.263 e. The van der Waals surface area contributed by atoms with Gasteiger partial charge in [-0.25, -0.2) is 4.98 Å². The highest BCUT2D eigenvalue weighted by atomic mass is 32.1. The number of nitrogens with one attached hydrogen (secondary N) is 1. The van der Waals surface area contributed by atoms with Crippen LogP contribution in [0.15, 0.2) is 44.7 Å². The van der Waals surface area contributed by atoms with Crippen LogP contribution >= 0.6 is 22.7 Å². The Kier molecular flexibility index (Phi) is 5.64. The molecule has 0 aliphatic carbocycles. The monoisotopic (exact) mass is 427 g/mol. The summed E-state index contributed by atoms with van der Waals surface area (Å²) in [5.41, 5.74) is 1.29. The number of aryl methyl sites for hydroxylation is 1. The van der Waals surface area contributed by atoms with Crippen molar-refractivity contribution in [2.24, 2.45) is 0 Å². The van der Waals surface area contributed by atoms with E-state index in [0.717, 1.165) is 21.7 Å². The second-order valence-electron chi connectivity index (χ2n) is 6.61. The third kappa shape index (κ3) is 3.77. The molecule has 0 saturated heterocycles. The minimum absolute atomic E-state index is 0.0799. The SMILES string of the molecule is CCCOc1c[nH]c(Cn2c(CC)nc3scc(-c4cccs4)c3c2=O)cc1=O. The minimum Gasteiger partial charge on any atom is -0.488 e. The standard InChI is InChI=1S/C21H21N3O3S2/c1-3-7-27-16-10-22-13(9-15(16)25)11-24-18(4-2)23-20-19(21(24)26)14(12-29-20)17-6-5-8-28-17/h5-6,8-10,12H,3-4,7,11H2,1-2H3,(H,22,25). The summed E-state index contributed by atoms with van der Waals surface area (Å²) in [6, 6.07) is 5.48. The number of nitrogens with zero attached hydrogens (tertiary/aromatic N) is 2. The van der Waals surface area contributed by atoms with Crippen LogP contribution in [0.25, 0.3) is 20.7 Å². The second kappa shape index (κ2) is 8.34. The van der Waals surface area contributed by atoms with E-state index < -0.39 is 0 Å². The predicted octanol–water partition coefficient (Wildman–Crippen LogP) is 4.27. The molecule has 4 rings (SSSR count). The lowest BCUT2D eigenvalue weighted by Crippen LogP contribution is -2.26. The normalized spacial score (nSPS) is 11.2. The first-order valence-electron chi connectivity index (χ1n) is 9.51. The molecular formula is C21H21N3O3S2. The fourth-order valence-corrected chi connectivity index (χ4v) is 4.97. The van der Waals surface area contributed by atoms with Gasteiger partial charge in [-0.3, -0.25) is 14.2 Å². The molecule has 4 heterocycles. The molecule has 4 aromatic rings. The van der Waals surface area contributed by atoms with Crippen LogP contribution in [0.3, 0.4) is 0 Å². The van der Waals surface area contributed by atoms with Gasteiger partial charge in [0.25, 0.3) is 5.56 Å². The fourth-order valence-electron chi connectivity index (χ4n) is 3.20. The van der Waals surface area contributed by atoms with Crippen molar-refractivity contribution in [1.29, 1.82) is 0 Å². The molecule has 1 N–H and O–H groups in total. The summed E-state index contributed by atoms with van der Waals surface area (Å²) in [4.78, 5) is 35.3. The molecule has 8 heteroatoms. The van der Waals surface area contributed by atoms with Gasteiger partial charge in [0, 0.05) is 40.2 Å². The van der Waals surface area contributed by atoms with Crippen molar-refractivity contribution in [2.75, 3.05) is 6.61 Å². The van der Waals surface area contributed by atoms with Gasteiger partial charge < -0.3 is 9.72 Å². The second-order valence-corrected chi connectivity index (χ2v) is 8.42. The number of thiophene rings is 2. The average Bonchev–Trinajstić information content (AvgIpc) is 3.38. The number of ether oxygens (including phenoxy) is 1. The summed E-state index contributed by atoms with van der Waals surface area (Å²) in [6.07, 6.45) is 3.02. The van der Waals surface area contributed by atoms with Crippen LogP contribution in [0.5, 0.6) is 5.75 Å². The lowest BCUT2D eigenvalue weighted by atomic mass is 10.2. The van der Waals surface area contributed by atoms with Gasteiger partial charge in [-0.15, -0.1) is 22.7 Å². The molecule has 0 saturated carbocycles. The topological polar surface area (TPSA) is 77.0 Å². The number of hydrogen-bond donors (Lipinski definition) is 1. The van der Waals surface area contributed by atoms with Crippen molar-refractivity contribution >= 4 is 32.9 Å². The Morgan fingerprint density at radius 1 is 1.24 bits per heavy atom. The van der Waals surface area contributed by atoms with Gasteiger partial charge in [0.05, 0.1) is 18.5 Å². The largest absolute Gasteiger partial charge is 0.488 e. The summed E-state index contributed by atoms with van der Waals surface area (Å²) in [7, 11) is 0. The molecule has 150 valence electrons. The number of aromatic nitrogens is 3. The van der Waals surface area contributed by atoms with Crippen LogP contribution in [0.1, 0.15) is 31.8 Å². The van der Waals surface area contributed by atoms with E-state index in [1.807, 2.05) is 36.7 Å². The summed E-state index contributed by atoms with van der Waals surface area (Å²) in [6.45, 7) is 4.71. The Labute approximate surface area is 175 Å². The zero-order chi connectivity index (χ0) is 20.4. The van der Waals surface area contributed by atoms with E-state index in [-0.39, 0.29) is 17.5 Å². The first-order chi connectivity index (χ1) is 14.1. The Balaban J connectivity index is 1.78. The molecule has 0 bridgehead atoms.